The molecule has 0 unspecified atom stereocenters. The van der Waals surface area contributed by atoms with Crippen molar-refractivity contribution < 1.29 is 4.74 Å². The summed E-state index contributed by atoms with van der Waals surface area (Å²) in [5.41, 5.74) is 6.91. The molecular formula is C12H16Cl2N2O. The number of anilines is 2. The number of ether oxygens (including phenoxy) is 1. The van der Waals surface area contributed by atoms with Gasteiger partial charge in [-0.1, -0.05) is 23.2 Å². The van der Waals surface area contributed by atoms with E-state index in [-0.39, 0.29) is 0 Å². The summed E-state index contributed by atoms with van der Waals surface area (Å²) in [5.74, 6) is 0.790. The van der Waals surface area contributed by atoms with E-state index in [0.717, 1.165) is 18.2 Å². The zero-order valence-corrected chi connectivity index (χ0v) is 11.0. The van der Waals surface area contributed by atoms with Crippen LogP contribution in [0.2, 0.25) is 10.0 Å². The van der Waals surface area contributed by atoms with Crippen LogP contribution >= 0.6 is 23.2 Å². The third-order valence-corrected chi connectivity index (χ3v) is 3.26. The summed E-state index contributed by atoms with van der Waals surface area (Å²) in [5, 5.41) is 4.24. The average Bonchev–Trinajstić information content (AvgIpc) is 3.04. The summed E-state index contributed by atoms with van der Waals surface area (Å²) in [4.78, 5) is 0. The Morgan fingerprint density at radius 2 is 1.94 bits per heavy atom. The smallest absolute Gasteiger partial charge is 0.0721 e. The van der Waals surface area contributed by atoms with Crippen LogP contribution in [0.15, 0.2) is 12.1 Å². The number of nitrogen functional groups attached to an aromatic ring is 1. The van der Waals surface area contributed by atoms with Crippen molar-refractivity contribution in [3.05, 3.63) is 22.2 Å². The fraction of sp³-hybridized carbons (Fsp3) is 0.500. The second-order valence-corrected chi connectivity index (χ2v) is 5.12. The molecule has 0 atom stereocenters. The van der Waals surface area contributed by atoms with Gasteiger partial charge in [-0.25, -0.2) is 0 Å². The molecule has 1 saturated carbocycles. The number of halogens is 2. The van der Waals surface area contributed by atoms with Crippen molar-refractivity contribution in [1.82, 2.24) is 0 Å². The molecule has 1 aliphatic rings. The van der Waals surface area contributed by atoms with Crippen LogP contribution in [0.3, 0.4) is 0 Å². The molecule has 3 N–H and O–H groups in total. The van der Waals surface area contributed by atoms with Gasteiger partial charge < -0.3 is 15.8 Å². The Balaban J connectivity index is 1.77. The van der Waals surface area contributed by atoms with Crippen LogP contribution in [0.4, 0.5) is 11.4 Å². The van der Waals surface area contributed by atoms with Gasteiger partial charge in [0.15, 0.2) is 0 Å². The second kappa shape index (κ2) is 5.80. The molecule has 94 valence electrons. The third kappa shape index (κ3) is 3.95. The first-order valence-electron chi connectivity index (χ1n) is 5.73. The molecule has 0 bridgehead atoms. The molecule has 0 saturated heterocycles. The van der Waals surface area contributed by atoms with Crippen LogP contribution < -0.4 is 11.1 Å². The Bertz CT molecular complexity index is 371. The van der Waals surface area contributed by atoms with Crippen molar-refractivity contribution in [2.24, 2.45) is 5.92 Å². The Kier molecular flexibility index (Phi) is 4.37. The maximum atomic E-state index is 6.04. The Morgan fingerprint density at radius 3 is 2.53 bits per heavy atom. The van der Waals surface area contributed by atoms with Gasteiger partial charge in [0.05, 0.1) is 22.3 Å². The number of hydrogen-bond acceptors (Lipinski definition) is 3. The molecule has 1 fully saturated rings. The highest BCUT2D eigenvalue weighted by Gasteiger charge is 2.20. The van der Waals surface area contributed by atoms with Gasteiger partial charge in [-0.15, -0.1) is 0 Å². The van der Waals surface area contributed by atoms with Crippen molar-refractivity contribution in [1.29, 1.82) is 0 Å². The topological polar surface area (TPSA) is 47.3 Å². The molecule has 1 aliphatic carbocycles. The van der Waals surface area contributed by atoms with E-state index >= 15 is 0 Å². The van der Waals surface area contributed by atoms with E-state index in [2.05, 4.69) is 5.32 Å². The number of nitrogens with two attached hydrogens (primary N) is 1. The predicted molar refractivity (Wildman–Crippen MR) is 72.9 cm³/mol. The van der Waals surface area contributed by atoms with E-state index in [4.69, 9.17) is 33.7 Å². The summed E-state index contributed by atoms with van der Waals surface area (Å²) in [6.07, 6.45) is 2.62. The number of rotatable bonds is 6. The van der Waals surface area contributed by atoms with Gasteiger partial charge in [0.2, 0.25) is 0 Å². The van der Waals surface area contributed by atoms with E-state index in [1.54, 1.807) is 12.1 Å². The SMILES string of the molecule is Nc1cc(Cl)c(NCCOCC2CC2)c(Cl)c1. The van der Waals surface area contributed by atoms with Crippen molar-refractivity contribution in [3.63, 3.8) is 0 Å². The van der Waals surface area contributed by atoms with Crippen molar-refractivity contribution in [2.75, 3.05) is 30.8 Å². The summed E-state index contributed by atoms with van der Waals surface area (Å²) in [6.45, 7) is 2.22. The van der Waals surface area contributed by atoms with E-state index < -0.39 is 0 Å². The Morgan fingerprint density at radius 1 is 1.29 bits per heavy atom. The van der Waals surface area contributed by atoms with Crippen LogP contribution in [-0.2, 0) is 4.74 Å². The maximum Gasteiger partial charge on any atom is 0.0721 e. The zero-order chi connectivity index (χ0) is 12.3. The average molecular weight is 275 g/mol. The van der Waals surface area contributed by atoms with E-state index in [1.165, 1.54) is 12.8 Å². The van der Waals surface area contributed by atoms with Gasteiger partial charge >= 0.3 is 0 Å². The van der Waals surface area contributed by atoms with Gasteiger partial charge in [-0.3, -0.25) is 0 Å². The van der Waals surface area contributed by atoms with Gasteiger partial charge in [-0.05, 0) is 30.9 Å². The predicted octanol–water partition coefficient (Wildman–Crippen LogP) is 3.41. The van der Waals surface area contributed by atoms with Crippen LogP contribution in [0.25, 0.3) is 0 Å². The van der Waals surface area contributed by atoms with Gasteiger partial charge in [0.25, 0.3) is 0 Å². The lowest BCUT2D eigenvalue weighted by molar-refractivity contribution is 0.134. The van der Waals surface area contributed by atoms with Crippen LogP contribution in [0.5, 0.6) is 0 Å². The number of hydrogen-bond donors (Lipinski definition) is 2. The zero-order valence-electron chi connectivity index (χ0n) is 9.51. The quantitative estimate of drug-likeness (QED) is 0.617. The van der Waals surface area contributed by atoms with Crippen molar-refractivity contribution in [3.8, 4) is 0 Å². The Labute approximate surface area is 111 Å². The summed E-state index contributed by atoms with van der Waals surface area (Å²) < 4.78 is 5.51. The van der Waals surface area contributed by atoms with Gasteiger partial charge in [-0.2, -0.15) is 0 Å². The standard InChI is InChI=1S/C12H16Cl2N2O/c13-10-5-9(15)6-11(14)12(10)16-3-4-17-7-8-1-2-8/h5-6,8,16H,1-4,7,15H2. The van der Waals surface area contributed by atoms with Crippen molar-refractivity contribution >= 4 is 34.6 Å². The number of nitrogens with one attached hydrogen (secondary N) is 1. The van der Waals surface area contributed by atoms with Crippen LogP contribution in [-0.4, -0.2) is 19.8 Å². The highest BCUT2D eigenvalue weighted by atomic mass is 35.5. The second-order valence-electron chi connectivity index (χ2n) is 4.30. The minimum Gasteiger partial charge on any atom is -0.399 e. The molecule has 0 spiro atoms. The molecule has 0 aromatic heterocycles. The molecule has 1 aromatic carbocycles. The van der Waals surface area contributed by atoms with Gasteiger partial charge in [0, 0.05) is 18.8 Å². The minimum absolute atomic E-state index is 0.539. The molecule has 0 heterocycles. The monoisotopic (exact) mass is 274 g/mol. The molecule has 2 rings (SSSR count). The molecule has 17 heavy (non-hydrogen) atoms. The molecule has 5 heteroatoms. The van der Waals surface area contributed by atoms with Crippen LogP contribution in [0.1, 0.15) is 12.8 Å². The molecule has 3 nitrogen and oxygen atoms in total. The third-order valence-electron chi connectivity index (χ3n) is 2.66. The first-order chi connectivity index (χ1) is 8.16. The fourth-order valence-corrected chi connectivity index (χ4v) is 2.18. The first-order valence-corrected chi connectivity index (χ1v) is 6.48. The highest BCUT2D eigenvalue weighted by Crippen LogP contribution is 2.32. The maximum absolute atomic E-state index is 6.04. The van der Waals surface area contributed by atoms with Gasteiger partial charge in [0.1, 0.15) is 0 Å². The summed E-state index contributed by atoms with van der Waals surface area (Å²) in [6, 6.07) is 3.36. The molecule has 0 aliphatic heterocycles. The fourth-order valence-electron chi connectivity index (χ4n) is 1.54. The van der Waals surface area contributed by atoms with E-state index in [9.17, 15) is 0 Å². The van der Waals surface area contributed by atoms with Crippen molar-refractivity contribution in [2.45, 2.75) is 12.8 Å². The lowest BCUT2D eigenvalue weighted by atomic mass is 10.3. The largest absolute Gasteiger partial charge is 0.399 e. The first kappa shape index (κ1) is 12.8. The van der Waals surface area contributed by atoms with Crippen LogP contribution in [0, 0.1) is 5.92 Å². The number of benzene rings is 1. The highest BCUT2D eigenvalue weighted by molar-refractivity contribution is 6.39. The lowest BCUT2D eigenvalue weighted by Gasteiger charge is -2.11. The van der Waals surface area contributed by atoms with E-state index in [1.807, 2.05) is 0 Å². The summed E-state index contributed by atoms with van der Waals surface area (Å²) >= 11 is 12.1. The Hall–Kier alpha value is -0.640. The molecule has 0 radical (unpaired) electrons. The minimum atomic E-state index is 0.539. The lowest BCUT2D eigenvalue weighted by Crippen LogP contribution is -2.11. The normalized spacial score (nSPS) is 14.9. The summed E-state index contributed by atoms with van der Waals surface area (Å²) in [7, 11) is 0. The van der Waals surface area contributed by atoms with E-state index in [0.29, 0.717) is 28.9 Å². The molecule has 1 aromatic rings. The molecular weight excluding hydrogens is 259 g/mol. The molecule has 0 amide bonds.